The van der Waals surface area contributed by atoms with Gasteiger partial charge in [0.25, 0.3) is 0 Å². The zero-order chi connectivity index (χ0) is 13.5. The Balaban J connectivity index is 1.81. The zero-order valence-corrected chi connectivity index (χ0v) is 12.2. The average molecular weight is 269 g/mol. The summed E-state index contributed by atoms with van der Waals surface area (Å²) in [4.78, 5) is 5.23. The van der Waals surface area contributed by atoms with Gasteiger partial charge in [-0.1, -0.05) is 0 Å². The molecule has 0 bridgehead atoms. The summed E-state index contributed by atoms with van der Waals surface area (Å²) in [6.45, 7) is 8.68. The molecule has 5 heteroatoms. The van der Waals surface area contributed by atoms with E-state index >= 15 is 0 Å². The van der Waals surface area contributed by atoms with Crippen LogP contribution in [0.2, 0.25) is 0 Å². The van der Waals surface area contributed by atoms with Crippen molar-refractivity contribution in [3.63, 3.8) is 0 Å². The number of hydrogen-bond acceptors (Lipinski definition) is 5. The highest BCUT2D eigenvalue weighted by molar-refractivity contribution is 4.93. The van der Waals surface area contributed by atoms with Crippen LogP contribution in [-0.2, 0) is 0 Å². The molecule has 2 unspecified atom stereocenters. The van der Waals surface area contributed by atoms with Crippen molar-refractivity contribution in [1.82, 2.24) is 15.1 Å². The number of rotatable bonds is 7. The van der Waals surface area contributed by atoms with Crippen molar-refractivity contribution >= 4 is 0 Å². The normalized spacial score (nSPS) is 30.0. The molecular weight excluding hydrogens is 238 g/mol. The molecule has 2 rings (SSSR count). The molecule has 19 heavy (non-hydrogen) atoms. The third-order valence-corrected chi connectivity index (χ3v) is 4.50. The quantitative estimate of drug-likeness (QED) is 0.577. The minimum atomic E-state index is 0.631. The Morgan fingerprint density at radius 2 is 1.84 bits per heavy atom. The number of nitrogens with zero attached hydrogens (tertiary/aromatic N) is 2. The Kier molecular flexibility index (Phi) is 6.53. The fraction of sp³-hybridized carbons (Fsp3) is 1.00. The van der Waals surface area contributed by atoms with E-state index in [1.54, 1.807) is 0 Å². The molecule has 0 aromatic carbocycles. The Labute approximate surface area is 117 Å². The molecule has 2 fully saturated rings. The molecule has 5 N–H and O–H groups in total. The van der Waals surface area contributed by atoms with Gasteiger partial charge < -0.3 is 21.7 Å². The first-order chi connectivity index (χ1) is 9.35. The predicted octanol–water partition coefficient (Wildman–Crippen LogP) is -0.578. The van der Waals surface area contributed by atoms with Crippen molar-refractivity contribution in [3.8, 4) is 0 Å². The van der Waals surface area contributed by atoms with E-state index < -0.39 is 0 Å². The standard InChI is InChI=1S/C14H31N5/c15-5-2-8-18-11-7-17-13(12-18)14-4-1-9-19(14)10-3-6-16/h13-14,17H,1-12,15-16H2. The molecule has 2 heterocycles. The van der Waals surface area contributed by atoms with Gasteiger partial charge in [-0.2, -0.15) is 0 Å². The summed E-state index contributed by atoms with van der Waals surface area (Å²) in [7, 11) is 0. The van der Waals surface area contributed by atoms with Crippen LogP contribution in [0.1, 0.15) is 25.7 Å². The fourth-order valence-corrected chi connectivity index (χ4v) is 3.50. The molecule has 0 saturated carbocycles. The molecule has 2 aliphatic rings. The van der Waals surface area contributed by atoms with E-state index in [9.17, 15) is 0 Å². The highest BCUT2D eigenvalue weighted by Gasteiger charge is 2.33. The molecule has 0 radical (unpaired) electrons. The molecular formula is C14H31N5. The lowest BCUT2D eigenvalue weighted by Gasteiger charge is -2.39. The monoisotopic (exact) mass is 269 g/mol. The Morgan fingerprint density at radius 1 is 1.05 bits per heavy atom. The molecule has 0 aromatic heterocycles. The molecule has 2 saturated heterocycles. The van der Waals surface area contributed by atoms with E-state index in [-0.39, 0.29) is 0 Å². The van der Waals surface area contributed by atoms with Gasteiger partial charge in [0.2, 0.25) is 0 Å². The van der Waals surface area contributed by atoms with Gasteiger partial charge >= 0.3 is 0 Å². The van der Waals surface area contributed by atoms with Gasteiger partial charge in [0.05, 0.1) is 0 Å². The summed E-state index contributed by atoms with van der Waals surface area (Å²) in [5, 5.41) is 3.73. The van der Waals surface area contributed by atoms with Crippen LogP contribution in [0, 0.1) is 0 Å². The van der Waals surface area contributed by atoms with Crippen molar-refractivity contribution in [2.75, 3.05) is 52.4 Å². The van der Waals surface area contributed by atoms with E-state index in [1.807, 2.05) is 0 Å². The largest absolute Gasteiger partial charge is 0.330 e. The number of hydrogen-bond donors (Lipinski definition) is 3. The van der Waals surface area contributed by atoms with Gasteiger partial charge in [-0.15, -0.1) is 0 Å². The maximum absolute atomic E-state index is 5.65. The van der Waals surface area contributed by atoms with Gasteiger partial charge in [-0.25, -0.2) is 0 Å². The smallest absolute Gasteiger partial charge is 0.0351 e. The SMILES string of the molecule is NCCCN1CCNC(C2CCCN2CCCN)C1. The molecule has 0 aliphatic carbocycles. The molecule has 2 aliphatic heterocycles. The lowest BCUT2D eigenvalue weighted by atomic mass is 10.0. The molecule has 5 nitrogen and oxygen atoms in total. The minimum absolute atomic E-state index is 0.631. The van der Waals surface area contributed by atoms with Crippen molar-refractivity contribution in [3.05, 3.63) is 0 Å². The van der Waals surface area contributed by atoms with Crippen LogP contribution in [-0.4, -0.2) is 74.2 Å². The first-order valence-corrected chi connectivity index (χ1v) is 7.95. The Bertz CT molecular complexity index is 248. The van der Waals surface area contributed by atoms with E-state index in [0.717, 1.165) is 39.0 Å². The van der Waals surface area contributed by atoms with E-state index in [4.69, 9.17) is 11.5 Å². The molecule has 112 valence electrons. The second kappa shape index (κ2) is 8.17. The maximum Gasteiger partial charge on any atom is 0.0351 e. The highest BCUT2D eigenvalue weighted by atomic mass is 15.3. The van der Waals surface area contributed by atoms with Crippen molar-refractivity contribution in [1.29, 1.82) is 0 Å². The summed E-state index contributed by atoms with van der Waals surface area (Å²) in [5.74, 6) is 0. The average Bonchev–Trinajstić information content (AvgIpc) is 2.91. The summed E-state index contributed by atoms with van der Waals surface area (Å²) < 4.78 is 0. The lowest BCUT2D eigenvalue weighted by Crippen LogP contribution is -2.58. The Morgan fingerprint density at radius 3 is 2.63 bits per heavy atom. The molecule has 2 atom stereocenters. The molecule has 0 aromatic rings. The first-order valence-electron chi connectivity index (χ1n) is 7.95. The van der Waals surface area contributed by atoms with Crippen LogP contribution >= 0.6 is 0 Å². The van der Waals surface area contributed by atoms with Crippen molar-refractivity contribution < 1.29 is 0 Å². The molecule has 0 amide bonds. The molecule has 0 spiro atoms. The Hall–Kier alpha value is -0.200. The number of nitrogens with one attached hydrogen (secondary N) is 1. The number of likely N-dealkylation sites (tertiary alicyclic amines) is 1. The highest BCUT2D eigenvalue weighted by Crippen LogP contribution is 2.22. The zero-order valence-electron chi connectivity index (χ0n) is 12.2. The summed E-state index contributed by atoms with van der Waals surface area (Å²) in [5.41, 5.74) is 11.3. The number of nitrogens with two attached hydrogens (primary N) is 2. The third kappa shape index (κ3) is 4.39. The van der Waals surface area contributed by atoms with Gasteiger partial charge in [-0.3, -0.25) is 4.90 Å². The fourth-order valence-electron chi connectivity index (χ4n) is 3.50. The van der Waals surface area contributed by atoms with Crippen LogP contribution in [0.25, 0.3) is 0 Å². The van der Waals surface area contributed by atoms with Gasteiger partial charge in [-0.05, 0) is 58.4 Å². The maximum atomic E-state index is 5.65. The van der Waals surface area contributed by atoms with Crippen molar-refractivity contribution in [2.24, 2.45) is 11.5 Å². The third-order valence-electron chi connectivity index (χ3n) is 4.50. The van der Waals surface area contributed by atoms with Crippen molar-refractivity contribution in [2.45, 2.75) is 37.8 Å². The first kappa shape index (κ1) is 15.2. The van der Waals surface area contributed by atoms with E-state index in [1.165, 1.54) is 39.0 Å². The predicted molar refractivity (Wildman–Crippen MR) is 80.2 cm³/mol. The van der Waals surface area contributed by atoms with Crippen LogP contribution in [0.4, 0.5) is 0 Å². The summed E-state index contributed by atoms with van der Waals surface area (Å²) in [6, 6.07) is 1.35. The second-order valence-corrected chi connectivity index (χ2v) is 5.89. The van der Waals surface area contributed by atoms with E-state index in [0.29, 0.717) is 12.1 Å². The topological polar surface area (TPSA) is 70.5 Å². The van der Waals surface area contributed by atoms with Crippen LogP contribution < -0.4 is 16.8 Å². The lowest BCUT2D eigenvalue weighted by molar-refractivity contribution is 0.129. The second-order valence-electron chi connectivity index (χ2n) is 5.89. The minimum Gasteiger partial charge on any atom is -0.330 e. The van der Waals surface area contributed by atoms with E-state index in [2.05, 4.69) is 15.1 Å². The number of piperazine rings is 1. The van der Waals surface area contributed by atoms with Gasteiger partial charge in [0.15, 0.2) is 0 Å². The van der Waals surface area contributed by atoms with Gasteiger partial charge in [0, 0.05) is 31.7 Å². The summed E-state index contributed by atoms with van der Waals surface area (Å²) in [6.07, 6.45) is 4.93. The van der Waals surface area contributed by atoms with Crippen LogP contribution in [0.15, 0.2) is 0 Å². The summed E-state index contributed by atoms with van der Waals surface area (Å²) >= 11 is 0. The van der Waals surface area contributed by atoms with Crippen LogP contribution in [0.5, 0.6) is 0 Å². The van der Waals surface area contributed by atoms with Gasteiger partial charge in [0.1, 0.15) is 0 Å². The van der Waals surface area contributed by atoms with Crippen LogP contribution in [0.3, 0.4) is 0 Å².